The van der Waals surface area contributed by atoms with E-state index in [9.17, 15) is 13.2 Å². The minimum atomic E-state index is -4.36. The summed E-state index contributed by atoms with van der Waals surface area (Å²) < 4.78 is 37.2. The van der Waals surface area contributed by atoms with Crippen molar-refractivity contribution in [3.63, 3.8) is 0 Å². The first-order valence-corrected chi connectivity index (χ1v) is 4.38. The predicted molar refractivity (Wildman–Crippen MR) is 51.5 cm³/mol. The molecule has 0 fully saturated rings. The zero-order valence-electron chi connectivity index (χ0n) is 7.92. The Morgan fingerprint density at radius 2 is 1.88 bits per heavy atom. The number of alkyl halides is 3. The van der Waals surface area contributed by atoms with Crippen molar-refractivity contribution < 1.29 is 13.2 Å². The van der Waals surface area contributed by atoms with E-state index in [2.05, 4.69) is 4.98 Å². The summed E-state index contributed by atoms with van der Waals surface area (Å²) in [5.41, 5.74) is -0.529. The lowest BCUT2D eigenvalue weighted by atomic mass is 10.1. The molecule has 2 rings (SSSR count). The van der Waals surface area contributed by atoms with Gasteiger partial charge in [0.05, 0.1) is 5.56 Å². The Labute approximate surface area is 89.0 Å². The number of nitriles is 1. The van der Waals surface area contributed by atoms with E-state index in [-0.39, 0.29) is 5.69 Å². The second kappa shape index (κ2) is 3.49. The smallest absolute Gasteiger partial charge is 0.245 e. The fourth-order valence-electron chi connectivity index (χ4n) is 1.38. The second-order valence-corrected chi connectivity index (χ2v) is 3.24. The molecule has 0 amide bonds. The molecule has 0 aliphatic carbocycles. The second-order valence-electron chi connectivity index (χ2n) is 3.24. The van der Waals surface area contributed by atoms with Crippen molar-refractivity contribution in [3.8, 4) is 6.07 Å². The molecule has 0 saturated heterocycles. The monoisotopic (exact) mass is 222 g/mol. The normalized spacial score (nSPS) is 11.4. The zero-order chi connectivity index (χ0) is 11.8. The summed E-state index contributed by atoms with van der Waals surface area (Å²) in [6.45, 7) is 0. The standard InChI is InChI=1S/C11H5F3N2/c12-11(13,14)9-2-1-7-4-10(5-15)16-6-8(7)3-9/h1-4,6H. The molecule has 0 spiro atoms. The van der Waals surface area contributed by atoms with Crippen LogP contribution in [0.15, 0.2) is 30.5 Å². The molecule has 0 aliphatic heterocycles. The van der Waals surface area contributed by atoms with Gasteiger partial charge in [0.2, 0.25) is 0 Å². The molecule has 2 aromatic rings. The van der Waals surface area contributed by atoms with Gasteiger partial charge >= 0.3 is 6.18 Å². The third-order valence-corrected chi connectivity index (χ3v) is 2.16. The van der Waals surface area contributed by atoms with Gasteiger partial charge in [0, 0.05) is 11.6 Å². The van der Waals surface area contributed by atoms with E-state index in [0.29, 0.717) is 10.8 Å². The highest BCUT2D eigenvalue weighted by Gasteiger charge is 2.30. The first-order valence-electron chi connectivity index (χ1n) is 4.38. The first kappa shape index (κ1) is 10.4. The van der Waals surface area contributed by atoms with Crippen LogP contribution in [0.2, 0.25) is 0 Å². The van der Waals surface area contributed by atoms with Crippen LogP contribution < -0.4 is 0 Å². The fraction of sp³-hybridized carbons (Fsp3) is 0.0909. The summed E-state index contributed by atoms with van der Waals surface area (Å²) in [7, 11) is 0. The van der Waals surface area contributed by atoms with Crippen LogP contribution in [0.3, 0.4) is 0 Å². The molecule has 1 heterocycles. The Hall–Kier alpha value is -2.09. The summed E-state index contributed by atoms with van der Waals surface area (Å²) in [5.74, 6) is 0. The van der Waals surface area contributed by atoms with E-state index in [1.54, 1.807) is 0 Å². The molecule has 0 bridgehead atoms. The van der Waals surface area contributed by atoms with Gasteiger partial charge in [-0.3, -0.25) is 0 Å². The third-order valence-electron chi connectivity index (χ3n) is 2.16. The topological polar surface area (TPSA) is 36.7 Å². The van der Waals surface area contributed by atoms with Crippen molar-refractivity contribution in [2.24, 2.45) is 0 Å². The molecule has 2 nitrogen and oxygen atoms in total. The highest BCUT2D eigenvalue weighted by atomic mass is 19.4. The quantitative estimate of drug-likeness (QED) is 0.686. The first-order chi connectivity index (χ1) is 7.50. The molecule has 5 heteroatoms. The van der Waals surface area contributed by atoms with Crippen LogP contribution in [0, 0.1) is 11.3 Å². The van der Waals surface area contributed by atoms with E-state index in [1.165, 1.54) is 18.3 Å². The van der Waals surface area contributed by atoms with Crippen molar-refractivity contribution in [2.45, 2.75) is 6.18 Å². The van der Waals surface area contributed by atoms with Gasteiger partial charge in [-0.2, -0.15) is 18.4 Å². The predicted octanol–water partition coefficient (Wildman–Crippen LogP) is 3.13. The fourth-order valence-corrected chi connectivity index (χ4v) is 1.38. The largest absolute Gasteiger partial charge is 0.416 e. The van der Waals surface area contributed by atoms with E-state index < -0.39 is 11.7 Å². The van der Waals surface area contributed by atoms with Crippen LogP contribution >= 0.6 is 0 Å². The van der Waals surface area contributed by atoms with Crippen molar-refractivity contribution in [1.29, 1.82) is 5.26 Å². The number of hydrogen-bond acceptors (Lipinski definition) is 2. The maximum absolute atomic E-state index is 12.4. The van der Waals surface area contributed by atoms with Crippen molar-refractivity contribution in [3.05, 3.63) is 41.7 Å². The van der Waals surface area contributed by atoms with Gasteiger partial charge in [-0.15, -0.1) is 0 Å². The van der Waals surface area contributed by atoms with E-state index in [4.69, 9.17) is 5.26 Å². The van der Waals surface area contributed by atoms with E-state index in [0.717, 1.165) is 12.1 Å². The summed E-state index contributed by atoms with van der Waals surface area (Å²) in [6.07, 6.45) is -3.09. The zero-order valence-corrected chi connectivity index (χ0v) is 7.92. The van der Waals surface area contributed by atoms with Crippen LogP contribution in [0.4, 0.5) is 13.2 Å². The lowest BCUT2D eigenvalue weighted by Crippen LogP contribution is -2.04. The number of aromatic nitrogens is 1. The molecular formula is C11H5F3N2. The van der Waals surface area contributed by atoms with Crippen LogP contribution in [0.1, 0.15) is 11.3 Å². The lowest BCUT2D eigenvalue weighted by molar-refractivity contribution is -0.137. The summed E-state index contributed by atoms with van der Waals surface area (Å²) >= 11 is 0. The van der Waals surface area contributed by atoms with Crippen molar-refractivity contribution in [1.82, 2.24) is 4.98 Å². The SMILES string of the molecule is N#Cc1cc2ccc(C(F)(F)F)cc2cn1. The molecule has 0 atom stereocenters. The summed E-state index contributed by atoms with van der Waals surface area (Å²) in [6, 6.07) is 6.63. The van der Waals surface area contributed by atoms with Crippen LogP contribution in [-0.2, 0) is 6.18 Å². The highest BCUT2D eigenvalue weighted by Crippen LogP contribution is 2.31. The van der Waals surface area contributed by atoms with Crippen molar-refractivity contribution in [2.75, 3.05) is 0 Å². The maximum Gasteiger partial charge on any atom is 0.416 e. The van der Waals surface area contributed by atoms with Crippen LogP contribution in [0.5, 0.6) is 0 Å². The molecule has 0 saturated carbocycles. The average molecular weight is 222 g/mol. The minimum absolute atomic E-state index is 0.187. The minimum Gasteiger partial charge on any atom is -0.245 e. The van der Waals surface area contributed by atoms with Gasteiger partial charge < -0.3 is 0 Å². The molecule has 0 N–H and O–H groups in total. The van der Waals surface area contributed by atoms with Gasteiger partial charge in [0.25, 0.3) is 0 Å². The number of fused-ring (bicyclic) bond motifs is 1. The van der Waals surface area contributed by atoms with Crippen LogP contribution in [-0.4, -0.2) is 4.98 Å². The molecule has 80 valence electrons. The Morgan fingerprint density at radius 1 is 1.12 bits per heavy atom. The number of hydrogen-bond donors (Lipinski definition) is 0. The number of nitrogens with zero attached hydrogens (tertiary/aromatic N) is 2. The molecule has 16 heavy (non-hydrogen) atoms. The van der Waals surface area contributed by atoms with Crippen LogP contribution in [0.25, 0.3) is 10.8 Å². The Kier molecular flexibility index (Phi) is 2.27. The van der Waals surface area contributed by atoms with Gasteiger partial charge in [-0.25, -0.2) is 4.98 Å². The number of halogens is 3. The van der Waals surface area contributed by atoms with Gasteiger partial charge in [-0.1, -0.05) is 6.07 Å². The van der Waals surface area contributed by atoms with Crippen molar-refractivity contribution >= 4 is 10.8 Å². The van der Waals surface area contributed by atoms with E-state index in [1.807, 2.05) is 6.07 Å². The lowest BCUT2D eigenvalue weighted by Gasteiger charge is -2.07. The molecule has 1 aromatic carbocycles. The number of pyridine rings is 1. The Bertz CT molecular complexity index is 582. The Morgan fingerprint density at radius 3 is 2.50 bits per heavy atom. The Balaban J connectivity index is 2.62. The van der Waals surface area contributed by atoms with Gasteiger partial charge in [-0.05, 0) is 23.6 Å². The molecular weight excluding hydrogens is 217 g/mol. The van der Waals surface area contributed by atoms with Gasteiger partial charge in [0.1, 0.15) is 11.8 Å². The highest BCUT2D eigenvalue weighted by molar-refractivity contribution is 5.83. The third kappa shape index (κ3) is 1.82. The average Bonchev–Trinajstić information content (AvgIpc) is 2.26. The summed E-state index contributed by atoms with van der Waals surface area (Å²) in [5, 5.41) is 9.53. The number of benzene rings is 1. The molecule has 1 aromatic heterocycles. The molecule has 0 unspecified atom stereocenters. The molecule has 0 radical (unpaired) electrons. The van der Waals surface area contributed by atoms with Gasteiger partial charge in [0.15, 0.2) is 0 Å². The summed E-state index contributed by atoms with van der Waals surface area (Å²) in [4.78, 5) is 3.72. The number of rotatable bonds is 0. The molecule has 0 aliphatic rings. The van der Waals surface area contributed by atoms with E-state index >= 15 is 0 Å². The maximum atomic E-state index is 12.4.